The number of aromatic nitrogens is 2. The van der Waals surface area contributed by atoms with Crippen LogP contribution in [0.4, 0.5) is 4.79 Å². The van der Waals surface area contributed by atoms with Crippen LogP contribution in [0.25, 0.3) is 0 Å². The zero-order valence-electron chi connectivity index (χ0n) is 11.6. The predicted octanol–water partition coefficient (Wildman–Crippen LogP) is -0.369. The number of carbonyl (C=O) groups excluding carboxylic acids is 1. The normalized spacial score (nSPS) is 11.6. The van der Waals surface area contributed by atoms with E-state index in [1.807, 2.05) is 49.0 Å². The molecule has 1 aromatic carbocycles. The first kappa shape index (κ1) is 17.0. The van der Waals surface area contributed by atoms with E-state index in [4.69, 9.17) is 11.6 Å². The fraction of sp³-hybridized carbons (Fsp3) is 0.286. The molecule has 0 aliphatic carbocycles. The molecule has 20 heavy (non-hydrogen) atoms. The fourth-order valence-corrected chi connectivity index (χ4v) is 2.00. The molecule has 0 bridgehead atoms. The Labute approximate surface area is 141 Å². The standard InChI is InChI=1S/C14H17ClN3O.HI/c1-11(12-4-6-13(15)7-5-12)17(3)14(19)18-9-8-16(2)10-18;/h4-11H,1-3H3;1H/q+1;/p-1. The van der Waals surface area contributed by atoms with Gasteiger partial charge in [0, 0.05) is 12.1 Å². The van der Waals surface area contributed by atoms with Crippen LogP contribution in [0.3, 0.4) is 0 Å². The van der Waals surface area contributed by atoms with Crippen LogP contribution in [0.15, 0.2) is 43.0 Å². The van der Waals surface area contributed by atoms with Gasteiger partial charge in [-0.2, -0.15) is 4.57 Å². The van der Waals surface area contributed by atoms with E-state index in [-0.39, 0.29) is 36.0 Å². The van der Waals surface area contributed by atoms with Crippen LogP contribution in [0.1, 0.15) is 18.5 Å². The molecule has 0 aliphatic heterocycles. The zero-order valence-corrected chi connectivity index (χ0v) is 14.5. The number of aryl methyl sites for hydroxylation is 1. The van der Waals surface area contributed by atoms with Gasteiger partial charge in [-0.05, 0) is 24.6 Å². The van der Waals surface area contributed by atoms with E-state index >= 15 is 0 Å². The summed E-state index contributed by atoms with van der Waals surface area (Å²) in [5.41, 5.74) is 1.05. The quantitative estimate of drug-likeness (QED) is 0.495. The minimum atomic E-state index is -0.0666. The van der Waals surface area contributed by atoms with Gasteiger partial charge in [-0.15, -0.1) is 0 Å². The lowest BCUT2D eigenvalue weighted by atomic mass is 10.1. The van der Waals surface area contributed by atoms with Crippen LogP contribution in [0.2, 0.25) is 5.02 Å². The average molecular weight is 406 g/mol. The summed E-state index contributed by atoms with van der Waals surface area (Å²) >= 11 is 5.87. The Hall–Kier alpha value is -1.08. The third-order valence-electron chi connectivity index (χ3n) is 3.22. The van der Waals surface area contributed by atoms with Gasteiger partial charge in [-0.25, -0.2) is 9.36 Å². The molecule has 1 unspecified atom stereocenters. The van der Waals surface area contributed by atoms with Crippen LogP contribution in [0, 0.1) is 0 Å². The van der Waals surface area contributed by atoms with E-state index in [1.54, 1.807) is 29.0 Å². The van der Waals surface area contributed by atoms with Crippen molar-refractivity contribution in [1.29, 1.82) is 0 Å². The number of hydrogen-bond donors (Lipinski definition) is 0. The van der Waals surface area contributed by atoms with Crippen molar-refractivity contribution in [2.24, 2.45) is 7.05 Å². The SMILES string of the molecule is CC(c1ccc(Cl)cc1)N(C)C(=O)n1cc[n+](C)c1.[I-]. The van der Waals surface area contributed by atoms with Gasteiger partial charge in [0.25, 0.3) is 6.33 Å². The van der Waals surface area contributed by atoms with Gasteiger partial charge >= 0.3 is 6.03 Å². The first-order valence-corrected chi connectivity index (χ1v) is 6.42. The second-order valence-electron chi connectivity index (χ2n) is 4.61. The second kappa shape index (κ2) is 7.08. The molecule has 0 saturated heterocycles. The fourth-order valence-electron chi connectivity index (χ4n) is 1.88. The van der Waals surface area contributed by atoms with Crippen molar-refractivity contribution in [3.63, 3.8) is 0 Å². The Morgan fingerprint density at radius 3 is 2.45 bits per heavy atom. The van der Waals surface area contributed by atoms with Gasteiger partial charge in [0.2, 0.25) is 0 Å². The molecule has 1 atom stereocenters. The zero-order chi connectivity index (χ0) is 14.0. The van der Waals surface area contributed by atoms with Crippen molar-refractivity contribution in [3.8, 4) is 0 Å². The molecule has 0 fully saturated rings. The second-order valence-corrected chi connectivity index (χ2v) is 5.04. The van der Waals surface area contributed by atoms with Gasteiger partial charge in [-0.3, -0.25) is 0 Å². The number of rotatable bonds is 2. The number of nitrogens with zero attached hydrogens (tertiary/aromatic N) is 3. The molecular weight excluding hydrogens is 389 g/mol. The Kier molecular flexibility index (Phi) is 6.01. The summed E-state index contributed by atoms with van der Waals surface area (Å²) in [6.07, 6.45) is 5.32. The summed E-state index contributed by atoms with van der Waals surface area (Å²) in [7, 11) is 3.67. The van der Waals surface area contributed by atoms with Gasteiger partial charge in [0.1, 0.15) is 12.4 Å². The largest absolute Gasteiger partial charge is 1.00 e. The van der Waals surface area contributed by atoms with Crippen LogP contribution in [-0.4, -0.2) is 22.5 Å². The van der Waals surface area contributed by atoms with E-state index in [1.165, 1.54) is 0 Å². The summed E-state index contributed by atoms with van der Waals surface area (Å²) in [4.78, 5) is 14.0. The highest BCUT2D eigenvalue weighted by molar-refractivity contribution is 6.30. The summed E-state index contributed by atoms with van der Waals surface area (Å²) in [6, 6.07) is 7.46. The predicted molar refractivity (Wildman–Crippen MR) is 74.0 cm³/mol. The number of benzene rings is 1. The molecule has 0 aliphatic rings. The Balaban J connectivity index is 0.00000200. The monoisotopic (exact) mass is 405 g/mol. The van der Waals surface area contributed by atoms with Crippen LogP contribution >= 0.6 is 11.6 Å². The number of halogens is 2. The molecule has 0 N–H and O–H groups in total. The minimum Gasteiger partial charge on any atom is -1.00 e. The molecule has 1 amide bonds. The van der Waals surface area contributed by atoms with Crippen molar-refractivity contribution in [1.82, 2.24) is 9.47 Å². The third kappa shape index (κ3) is 3.73. The molecule has 2 rings (SSSR count). The summed E-state index contributed by atoms with van der Waals surface area (Å²) in [6.45, 7) is 1.99. The minimum absolute atomic E-state index is 0. The van der Waals surface area contributed by atoms with E-state index in [0.717, 1.165) is 5.56 Å². The summed E-state index contributed by atoms with van der Waals surface area (Å²) < 4.78 is 3.39. The highest BCUT2D eigenvalue weighted by Gasteiger charge is 2.22. The van der Waals surface area contributed by atoms with Crippen molar-refractivity contribution in [2.75, 3.05) is 7.05 Å². The van der Waals surface area contributed by atoms with Gasteiger partial charge < -0.3 is 28.9 Å². The number of amides is 1. The van der Waals surface area contributed by atoms with E-state index < -0.39 is 0 Å². The Morgan fingerprint density at radius 1 is 1.35 bits per heavy atom. The average Bonchev–Trinajstić information content (AvgIpc) is 2.84. The first-order valence-electron chi connectivity index (χ1n) is 6.05. The Bertz CT molecular complexity index is 582. The Morgan fingerprint density at radius 2 is 1.95 bits per heavy atom. The van der Waals surface area contributed by atoms with E-state index in [9.17, 15) is 4.79 Å². The molecule has 1 aromatic heterocycles. The van der Waals surface area contributed by atoms with E-state index in [0.29, 0.717) is 5.02 Å². The van der Waals surface area contributed by atoms with Crippen LogP contribution < -0.4 is 28.5 Å². The number of carbonyl (C=O) groups is 1. The molecule has 4 nitrogen and oxygen atoms in total. The lowest BCUT2D eigenvalue weighted by Crippen LogP contribution is -3.00. The molecule has 1 heterocycles. The molecule has 2 aromatic rings. The van der Waals surface area contributed by atoms with Crippen LogP contribution in [-0.2, 0) is 7.05 Å². The molecule has 0 radical (unpaired) electrons. The maximum atomic E-state index is 12.3. The molecule has 108 valence electrons. The maximum Gasteiger partial charge on any atom is 0.416 e. The first-order chi connectivity index (χ1) is 8.99. The smallest absolute Gasteiger partial charge is 0.416 e. The highest BCUT2D eigenvalue weighted by atomic mass is 127. The van der Waals surface area contributed by atoms with Gasteiger partial charge in [0.05, 0.1) is 13.1 Å². The van der Waals surface area contributed by atoms with E-state index in [2.05, 4.69) is 0 Å². The summed E-state index contributed by atoms with van der Waals surface area (Å²) in [5, 5.41) is 0.697. The van der Waals surface area contributed by atoms with Crippen molar-refractivity contribution < 1.29 is 33.3 Å². The lowest BCUT2D eigenvalue weighted by molar-refractivity contribution is -0.670. The lowest BCUT2D eigenvalue weighted by Gasteiger charge is -2.22. The molecule has 0 spiro atoms. The maximum absolute atomic E-state index is 12.3. The highest BCUT2D eigenvalue weighted by Crippen LogP contribution is 2.21. The van der Waals surface area contributed by atoms with Gasteiger partial charge in [-0.1, -0.05) is 23.7 Å². The van der Waals surface area contributed by atoms with Crippen molar-refractivity contribution >= 4 is 17.6 Å². The van der Waals surface area contributed by atoms with Gasteiger partial charge in [0.15, 0.2) is 0 Å². The van der Waals surface area contributed by atoms with Crippen molar-refractivity contribution in [3.05, 3.63) is 53.6 Å². The third-order valence-corrected chi connectivity index (χ3v) is 3.48. The molecule has 6 heteroatoms. The number of hydrogen-bond acceptors (Lipinski definition) is 1. The summed E-state index contributed by atoms with van der Waals surface area (Å²) in [5.74, 6) is 0. The molecule has 0 saturated carbocycles. The topological polar surface area (TPSA) is 29.1 Å². The number of imidazole rings is 1. The molecular formula is C14H17ClIN3O. The van der Waals surface area contributed by atoms with Crippen molar-refractivity contribution in [2.45, 2.75) is 13.0 Å². The van der Waals surface area contributed by atoms with Crippen LogP contribution in [0.5, 0.6) is 0 Å².